The number of nitro groups is 1. The lowest BCUT2D eigenvalue weighted by Gasteiger charge is -2.14. The molecule has 11 heteroatoms. The van der Waals surface area contributed by atoms with E-state index in [1.165, 1.54) is 18.2 Å². The molecule has 0 spiro atoms. The lowest BCUT2D eigenvalue weighted by atomic mass is 10.2. The maximum absolute atomic E-state index is 12.5. The van der Waals surface area contributed by atoms with Gasteiger partial charge in [-0.2, -0.15) is 0 Å². The normalized spacial score (nSPS) is 16.4. The lowest BCUT2D eigenvalue weighted by Crippen LogP contribution is -2.35. The fourth-order valence-electron chi connectivity index (χ4n) is 2.31. The molecule has 0 aliphatic carbocycles. The van der Waals surface area contributed by atoms with Crippen molar-refractivity contribution in [3.05, 3.63) is 38.8 Å². The van der Waals surface area contributed by atoms with Crippen molar-refractivity contribution >= 4 is 52.4 Å². The largest absolute Gasteiger partial charge is 0.461 e. The van der Waals surface area contributed by atoms with Crippen LogP contribution >= 0.6 is 23.5 Å². The molecule has 1 aromatic rings. The zero-order chi connectivity index (χ0) is 21.6. The molecule has 1 heterocycles. The number of hydrogen-bond donors (Lipinski definition) is 1. The van der Waals surface area contributed by atoms with Gasteiger partial charge in [0, 0.05) is 11.8 Å². The summed E-state index contributed by atoms with van der Waals surface area (Å²) >= 11 is 1.80. The molecule has 1 atom stereocenters. The molecule has 1 fully saturated rings. The van der Waals surface area contributed by atoms with Crippen molar-refractivity contribution in [2.75, 3.05) is 18.9 Å². The van der Waals surface area contributed by atoms with Gasteiger partial charge < -0.3 is 9.84 Å². The summed E-state index contributed by atoms with van der Waals surface area (Å²) in [5.74, 6) is -1.02. The van der Waals surface area contributed by atoms with E-state index in [-0.39, 0.29) is 23.3 Å². The summed E-state index contributed by atoms with van der Waals surface area (Å²) in [5.41, 5.74) is 0.214. The van der Waals surface area contributed by atoms with Crippen molar-refractivity contribution in [1.82, 2.24) is 4.90 Å². The van der Waals surface area contributed by atoms with Crippen molar-refractivity contribution in [3.8, 4) is 0 Å². The van der Waals surface area contributed by atoms with Crippen molar-refractivity contribution in [3.63, 3.8) is 0 Å². The summed E-state index contributed by atoms with van der Waals surface area (Å²) in [6.45, 7) is 2.95. The number of carbonyl (C=O) groups excluding carboxylic acids is 3. The van der Waals surface area contributed by atoms with Crippen LogP contribution in [0.2, 0.25) is 0 Å². The van der Waals surface area contributed by atoms with Crippen LogP contribution in [0.3, 0.4) is 0 Å². The van der Waals surface area contributed by atoms with Crippen LogP contribution in [0, 0.1) is 10.1 Å². The molecule has 1 aromatic carbocycles. The van der Waals surface area contributed by atoms with Gasteiger partial charge in [-0.05, 0) is 42.8 Å². The Morgan fingerprint density at radius 1 is 1.45 bits per heavy atom. The monoisotopic (exact) mass is 440 g/mol. The van der Waals surface area contributed by atoms with Gasteiger partial charge in [0.25, 0.3) is 16.8 Å². The summed E-state index contributed by atoms with van der Waals surface area (Å²) in [5, 5.41) is 19.6. The van der Waals surface area contributed by atoms with Gasteiger partial charge in [0.1, 0.15) is 6.54 Å². The number of carbonyl (C=O) groups is 3. The highest BCUT2D eigenvalue weighted by Gasteiger charge is 2.37. The summed E-state index contributed by atoms with van der Waals surface area (Å²) < 4.78 is 5.09. The second kappa shape index (κ2) is 10.4. The van der Waals surface area contributed by atoms with E-state index in [1.54, 1.807) is 13.0 Å². The minimum Gasteiger partial charge on any atom is -0.461 e. The molecule has 0 saturated carbocycles. The van der Waals surface area contributed by atoms with Crippen LogP contribution < -0.4 is 0 Å². The number of nitro benzene ring substituents is 1. The predicted octanol–water partition coefficient (Wildman–Crippen LogP) is 3.06. The molecule has 0 radical (unpaired) electrons. The van der Waals surface area contributed by atoms with Crippen LogP contribution in [0.1, 0.15) is 25.8 Å². The highest BCUT2D eigenvalue weighted by molar-refractivity contribution is 8.18. The van der Waals surface area contributed by atoms with Crippen molar-refractivity contribution in [2.45, 2.75) is 31.3 Å². The second-order valence-corrected chi connectivity index (χ2v) is 8.16. The first-order valence-corrected chi connectivity index (χ1v) is 10.5. The quantitative estimate of drug-likeness (QED) is 0.203. The maximum atomic E-state index is 12.5. The molecular weight excluding hydrogens is 420 g/mol. The topological polar surface area (TPSA) is 127 Å². The van der Waals surface area contributed by atoms with E-state index >= 15 is 0 Å². The Bertz CT molecular complexity index is 857. The minimum atomic E-state index is -0.677. The van der Waals surface area contributed by atoms with Gasteiger partial charge in [0.15, 0.2) is 0 Å². The van der Waals surface area contributed by atoms with Crippen molar-refractivity contribution in [1.29, 1.82) is 0 Å². The predicted molar refractivity (Wildman–Crippen MR) is 109 cm³/mol. The Labute approximate surface area is 175 Å². The molecule has 29 heavy (non-hydrogen) atoms. The molecule has 1 aliphatic heterocycles. The number of ether oxygens (including phenoxy) is 1. The Balaban J connectivity index is 2.19. The van der Waals surface area contributed by atoms with E-state index in [4.69, 9.17) is 9.84 Å². The van der Waals surface area contributed by atoms with Gasteiger partial charge >= 0.3 is 5.97 Å². The minimum absolute atomic E-state index is 0.0661. The van der Waals surface area contributed by atoms with E-state index < -0.39 is 28.6 Å². The fourth-order valence-corrected chi connectivity index (χ4v) is 3.90. The molecule has 0 unspecified atom stereocenters. The van der Waals surface area contributed by atoms with Gasteiger partial charge in [-0.25, -0.2) is 0 Å². The van der Waals surface area contributed by atoms with Crippen molar-refractivity contribution in [2.24, 2.45) is 0 Å². The van der Waals surface area contributed by atoms with Gasteiger partial charge in [0.2, 0.25) is 0 Å². The van der Waals surface area contributed by atoms with Crippen LogP contribution in [0.5, 0.6) is 0 Å². The molecule has 1 aliphatic rings. The Morgan fingerprint density at radius 2 is 2.17 bits per heavy atom. The lowest BCUT2D eigenvalue weighted by molar-refractivity contribution is -0.387. The molecule has 2 rings (SSSR count). The first-order chi connectivity index (χ1) is 13.8. The highest BCUT2D eigenvalue weighted by Crippen LogP contribution is 2.34. The van der Waals surface area contributed by atoms with Crippen molar-refractivity contribution < 1.29 is 29.2 Å². The molecule has 1 N–H and O–H groups in total. The van der Waals surface area contributed by atoms with Crippen LogP contribution in [0.4, 0.5) is 10.5 Å². The van der Waals surface area contributed by atoms with Gasteiger partial charge in [0.05, 0.1) is 27.4 Å². The zero-order valence-corrected chi connectivity index (χ0v) is 17.5. The van der Waals surface area contributed by atoms with Crippen LogP contribution in [-0.2, 0) is 14.3 Å². The average Bonchev–Trinajstić information content (AvgIpc) is 2.93. The molecule has 156 valence electrons. The van der Waals surface area contributed by atoms with Crippen LogP contribution in [-0.4, -0.2) is 57.1 Å². The first kappa shape index (κ1) is 22.9. The first-order valence-electron chi connectivity index (χ1n) is 8.73. The number of imide groups is 1. The number of aliphatic hydroxyl groups excluding tert-OH is 1. The maximum Gasteiger partial charge on any atom is 0.326 e. The molecular formula is C18H20N2O7S2. The number of nitrogens with zero attached hydrogens (tertiary/aromatic N) is 2. The molecule has 0 aromatic heterocycles. The molecule has 2 amide bonds. The third kappa shape index (κ3) is 6.05. The van der Waals surface area contributed by atoms with Crippen LogP contribution in [0.15, 0.2) is 28.0 Å². The standard InChI is InChI=1S/C18H20N2O7S2/c1-3-11(2)27-16(22)10-19-17(23)15(29-18(19)24)9-12-4-5-14(28-7-6-21)13(8-12)20(25)26/h4-5,8-9,11,21H,3,6-7,10H2,1-2H3/b15-9-/t11-/m0/s1. The third-order valence-electron chi connectivity index (χ3n) is 3.89. The fraction of sp³-hybridized carbons (Fsp3) is 0.389. The molecule has 0 bridgehead atoms. The molecule has 9 nitrogen and oxygen atoms in total. The summed E-state index contributed by atoms with van der Waals surface area (Å²) in [6.07, 6.45) is 1.66. The summed E-state index contributed by atoms with van der Waals surface area (Å²) in [4.78, 5) is 48.5. The highest BCUT2D eigenvalue weighted by atomic mass is 32.2. The van der Waals surface area contributed by atoms with E-state index in [9.17, 15) is 24.5 Å². The number of amides is 2. The number of aliphatic hydroxyl groups is 1. The Kier molecular flexibility index (Phi) is 8.23. The number of thioether (sulfide) groups is 2. The van der Waals surface area contributed by atoms with E-state index in [0.717, 1.165) is 16.7 Å². The van der Waals surface area contributed by atoms with Gasteiger partial charge in [-0.3, -0.25) is 29.4 Å². The van der Waals surface area contributed by atoms with E-state index in [2.05, 4.69) is 0 Å². The smallest absolute Gasteiger partial charge is 0.326 e. The van der Waals surface area contributed by atoms with Gasteiger partial charge in [-0.15, -0.1) is 11.8 Å². The second-order valence-electron chi connectivity index (χ2n) is 6.03. The summed E-state index contributed by atoms with van der Waals surface area (Å²) in [7, 11) is 0. The zero-order valence-electron chi connectivity index (χ0n) is 15.8. The number of esters is 1. The SMILES string of the molecule is CC[C@H](C)OC(=O)CN1C(=O)S/C(=C\c2ccc(SCCO)c([N+](=O)[O-])c2)C1=O. The summed E-state index contributed by atoms with van der Waals surface area (Å²) in [6, 6.07) is 4.40. The third-order valence-corrected chi connectivity index (χ3v) is 5.84. The molecule has 1 saturated heterocycles. The average molecular weight is 440 g/mol. The number of rotatable bonds is 9. The Hall–Kier alpha value is -2.37. The number of benzene rings is 1. The van der Waals surface area contributed by atoms with Gasteiger partial charge in [-0.1, -0.05) is 13.0 Å². The number of hydrogen-bond acceptors (Lipinski definition) is 9. The Morgan fingerprint density at radius 3 is 2.79 bits per heavy atom. The van der Waals surface area contributed by atoms with Crippen LogP contribution in [0.25, 0.3) is 6.08 Å². The van der Waals surface area contributed by atoms with E-state index in [0.29, 0.717) is 34.4 Å². The van der Waals surface area contributed by atoms with E-state index in [1.807, 2.05) is 6.92 Å².